The van der Waals surface area contributed by atoms with Crippen molar-refractivity contribution in [2.45, 2.75) is 53.1 Å². The maximum atomic E-state index is 12.9. The van der Waals surface area contributed by atoms with Crippen LogP contribution in [-0.2, 0) is 16.0 Å². The first-order chi connectivity index (χ1) is 12.7. The molecule has 0 aromatic carbocycles. The third-order valence-electron chi connectivity index (χ3n) is 4.21. The summed E-state index contributed by atoms with van der Waals surface area (Å²) in [6.45, 7) is 8.85. The summed E-state index contributed by atoms with van der Waals surface area (Å²) in [7, 11) is 0. The van der Waals surface area contributed by atoms with E-state index in [1.165, 1.54) is 6.92 Å². The Morgan fingerprint density at radius 2 is 2.00 bits per heavy atom. The Bertz CT molecular complexity index is 933. The molecular weight excluding hydrogens is 342 g/mol. The van der Waals surface area contributed by atoms with Crippen molar-refractivity contribution in [1.82, 2.24) is 9.55 Å². The number of hydrogen-bond acceptors (Lipinski definition) is 4. The lowest BCUT2D eigenvalue weighted by Crippen LogP contribution is -2.28. The summed E-state index contributed by atoms with van der Waals surface area (Å²) in [5, 5.41) is 2.74. The van der Waals surface area contributed by atoms with E-state index in [0.717, 1.165) is 29.7 Å². The Morgan fingerprint density at radius 3 is 2.67 bits per heavy atom. The van der Waals surface area contributed by atoms with Crippen LogP contribution in [0.4, 0.5) is 10.6 Å². The average molecular weight is 367 g/mol. The molecule has 0 radical (unpaired) electrons. The number of nitrogens with one attached hydrogen (secondary N) is 1. The fourth-order valence-corrected chi connectivity index (χ4v) is 3.05. The summed E-state index contributed by atoms with van der Waals surface area (Å²) in [4.78, 5) is 29.0. The predicted octanol–water partition coefficient (Wildman–Crippen LogP) is 4.56. The third kappa shape index (κ3) is 4.10. The second-order valence-electron chi connectivity index (χ2n) is 7.74. The first-order valence-electron chi connectivity index (χ1n) is 9.06. The van der Waals surface area contributed by atoms with Crippen LogP contribution in [-0.4, -0.2) is 27.2 Å². The van der Waals surface area contributed by atoms with Gasteiger partial charge in [0.2, 0.25) is 5.91 Å². The molecule has 0 atom stereocenters. The third-order valence-corrected chi connectivity index (χ3v) is 4.21. The van der Waals surface area contributed by atoms with E-state index < -0.39 is 11.7 Å². The number of anilines is 1. The Morgan fingerprint density at radius 1 is 1.26 bits per heavy atom. The van der Waals surface area contributed by atoms with Gasteiger partial charge in [0.25, 0.3) is 0 Å². The Balaban J connectivity index is 2.13. The van der Waals surface area contributed by atoms with Crippen molar-refractivity contribution in [3.8, 4) is 11.4 Å². The topological polar surface area (TPSA) is 73.2 Å². The largest absolute Gasteiger partial charge is 0.443 e. The van der Waals surface area contributed by atoms with E-state index in [4.69, 9.17) is 4.74 Å². The summed E-state index contributed by atoms with van der Waals surface area (Å²) in [6.07, 6.45) is 5.36. The number of carbonyl (C=O) groups excluding carboxylic acids is 2. The minimum atomic E-state index is -0.605. The standard InChI is InChI=1S/C21H25N3O3/c1-13-10-11-16(23-19(13)22-14(2)25)18-12-15-8-6-7-9-17(15)24(18)20(26)27-21(3,4)5/h7,9-12H,6,8H2,1-5H3,(H,22,23,25). The van der Waals surface area contributed by atoms with Gasteiger partial charge in [0.05, 0.1) is 17.1 Å². The van der Waals surface area contributed by atoms with Gasteiger partial charge in [-0.15, -0.1) is 0 Å². The van der Waals surface area contributed by atoms with Crippen molar-refractivity contribution in [2.24, 2.45) is 0 Å². The fourth-order valence-electron chi connectivity index (χ4n) is 3.05. The zero-order valence-corrected chi connectivity index (χ0v) is 16.4. The minimum Gasteiger partial charge on any atom is -0.443 e. The number of allylic oxidation sites excluding steroid dienone is 1. The van der Waals surface area contributed by atoms with E-state index in [2.05, 4.69) is 16.4 Å². The average Bonchev–Trinajstić information content (AvgIpc) is 2.94. The van der Waals surface area contributed by atoms with Gasteiger partial charge < -0.3 is 10.1 Å². The molecule has 1 N–H and O–H groups in total. The number of ether oxygens (including phenoxy) is 1. The number of aromatic nitrogens is 2. The van der Waals surface area contributed by atoms with Crippen LogP contribution in [0.3, 0.4) is 0 Å². The Labute approximate surface area is 159 Å². The van der Waals surface area contributed by atoms with E-state index >= 15 is 0 Å². The molecule has 2 heterocycles. The van der Waals surface area contributed by atoms with Crippen LogP contribution in [0, 0.1) is 6.92 Å². The van der Waals surface area contributed by atoms with Crippen molar-refractivity contribution in [3.63, 3.8) is 0 Å². The molecule has 6 heteroatoms. The van der Waals surface area contributed by atoms with E-state index in [1.807, 2.05) is 52.0 Å². The van der Waals surface area contributed by atoms with Crippen LogP contribution < -0.4 is 5.32 Å². The predicted molar refractivity (Wildman–Crippen MR) is 106 cm³/mol. The minimum absolute atomic E-state index is 0.187. The van der Waals surface area contributed by atoms with Gasteiger partial charge in [-0.3, -0.25) is 4.79 Å². The highest BCUT2D eigenvalue weighted by molar-refractivity contribution is 5.89. The molecule has 3 rings (SSSR count). The zero-order chi connectivity index (χ0) is 19.8. The number of aryl methyl sites for hydroxylation is 2. The van der Waals surface area contributed by atoms with Crippen molar-refractivity contribution in [2.75, 3.05) is 5.32 Å². The molecular formula is C21H25N3O3. The number of rotatable bonds is 2. The molecule has 0 saturated carbocycles. The van der Waals surface area contributed by atoms with Crippen LogP contribution >= 0.6 is 0 Å². The molecule has 0 saturated heterocycles. The lowest BCUT2D eigenvalue weighted by atomic mass is 10.0. The molecule has 1 aliphatic rings. The van der Waals surface area contributed by atoms with E-state index in [9.17, 15) is 9.59 Å². The number of nitrogens with zero attached hydrogens (tertiary/aromatic N) is 2. The van der Waals surface area contributed by atoms with E-state index in [1.54, 1.807) is 4.57 Å². The van der Waals surface area contributed by atoms with Crippen molar-refractivity contribution >= 4 is 23.9 Å². The Kier molecular flexibility index (Phi) is 4.91. The highest BCUT2D eigenvalue weighted by Crippen LogP contribution is 2.31. The van der Waals surface area contributed by atoms with Gasteiger partial charge in [-0.25, -0.2) is 14.3 Å². The highest BCUT2D eigenvalue weighted by atomic mass is 16.6. The van der Waals surface area contributed by atoms with Gasteiger partial charge in [-0.1, -0.05) is 12.1 Å². The van der Waals surface area contributed by atoms with Gasteiger partial charge >= 0.3 is 6.09 Å². The molecule has 142 valence electrons. The SMILES string of the molecule is CC(=O)Nc1nc(-c2cc3c(n2C(=O)OC(C)(C)C)C=CCC3)ccc1C. The van der Waals surface area contributed by atoms with Crippen LogP contribution in [0.15, 0.2) is 24.3 Å². The van der Waals surface area contributed by atoms with E-state index in [-0.39, 0.29) is 5.91 Å². The van der Waals surface area contributed by atoms with Gasteiger partial charge in [-0.05, 0) is 69.9 Å². The summed E-state index contributed by atoms with van der Waals surface area (Å²) >= 11 is 0. The lowest BCUT2D eigenvalue weighted by molar-refractivity contribution is -0.114. The summed E-state index contributed by atoms with van der Waals surface area (Å²) in [6, 6.07) is 5.72. The molecule has 27 heavy (non-hydrogen) atoms. The fraction of sp³-hybridized carbons (Fsp3) is 0.381. The zero-order valence-electron chi connectivity index (χ0n) is 16.4. The molecule has 1 amide bonds. The van der Waals surface area contributed by atoms with Gasteiger partial charge in [0, 0.05) is 6.92 Å². The first kappa shape index (κ1) is 18.9. The molecule has 6 nitrogen and oxygen atoms in total. The number of pyridine rings is 1. The second kappa shape index (κ2) is 7.02. The Hall–Kier alpha value is -2.89. The van der Waals surface area contributed by atoms with Crippen LogP contribution in [0.2, 0.25) is 0 Å². The summed E-state index contributed by atoms with van der Waals surface area (Å²) < 4.78 is 7.20. The molecule has 0 bridgehead atoms. The molecule has 2 aromatic heterocycles. The molecule has 0 aliphatic heterocycles. The smallest absolute Gasteiger partial charge is 0.419 e. The number of hydrogen-bond donors (Lipinski definition) is 1. The molecule has 0 spiro atoms. The highest BCUT2D eigenvalue weighted by Gasteiger charge is 2.26. The molecule has 0 fully saturated rings. The van der Waals surface area contributed by atoms with Crippen LogP contribution in [0.1, 0.15) is 50.9 Å². The van der Waals surface area contributed by atoms with Gasteiger partial charge in [0.1, 0.15) is 11.4 Å². The maximum Gasteiger partial charge on any atom is 0.419 e. The molecule has 1 aliphatic carbocycles. The first-order valence-corrected chi connectivity index (χ1v) is 9.06. The molecule has 2 aromatic rings. The van der Waals surface area contributed by atoms with Crippen molar-refractivity contribution < 1.29 is 14.3 Å². The van der Waals surface area contributed by atoms with Crippen LogP contribution in [0.5, 0.6) is 0 Å². The lowest BCUT2D eigenvalue weighted by Gasteiger charge is -2.21. The number of carbonyl (C=O) groups is 2. The second-order valence-corrected chi connectivity index (χ2v) is 7.74. The number of fused-ring (bicyclic) bond motifs is 1. The van der Waals surface area contributed by atoms with Crippen molar-refractivity contribution in [1.29, 1.82) is 0 Å². The van der Waals surface area contributed by atoms with Crippen LogP contribution in [0.25, 0.3) is 17.5 Å². The summed E-state index contributed by atoms with van der Waals surface area (Å²) in [5.41, 5.74) is 3.43. The van der Waals surface area contributed by atoms with Crippen molar-refractivity contribution in [3.05, 3.63) is 41.1 Å². The normalized spacial score (nSPS) is 13.2. The quantitative estimate of drug-likeness (QED) is 0.844. The maximum absolute atomic E-state index is 12.9. The number of amides is 1. The monoisotopic (exact) mass is 367 g/mol. The van der Waals surface area contributed by atoms with Gasteiger partial charge in [-0.2, -0.15) is 0 Å². The molecule has 0 unspecified atom stereocenters. The summed E-state index contributed by atoms with van der Waals surface area (Å²) in [5.74, 6) is 0.304. The van der Waals surface area contributed by atoms with Gasteiger partial charge in [0.15, 0.2) is 0 Å². The van der Waals surface area contributed by atoms with E-state index in [0.29, 0.717) is 17.2 Å².